The minimum absolute atomic E-state index is 0.285. The third-order valence-electron chi connectivity index (χ3n) is 6.13. The van der Waals surface area contributed by atoms with Crippen LogP contribution in [0.15, 0.2) is 45.2 Å². The van der Waals surface area contributed by atoms with Gasteiger partial charge in [-0.15, -0.1) is 22.7 Å². The minimum atomic E-state index is -0.832. The lowest BCUT2D eigenvalue weighted by Crippen LogP contribution is -2.32. The molecule has 0 fully saturated rings. The molecule has 1 aliphatic rings. The van der Waals surface area contributed by atoms with Crippen LogP contribution >= 0.6 is 38.6 Å². The molecule has 5 rings (SSSR count). The Morgan fingerprint density at radius 1 is 1.21 bits per heavy atom. The van der Waals surface area contributed by atoms with Gasteiger partial charge >= 0.3 is 0 Å². The molecule has 34 heavy (non-hydrogen) atoms. The monoisotopic (exact) mass is 556 g/mol. The standard InChI is InChI=1S/C24H21BrN4O3S2/c1-12(21(31)28-23-18(20(26)30)15-4-2-3-5-17(15)34-23)29-11-27-22-19(24(29)32)16(10-33-22)13-6-8-14(25)9-7-13/h6-12H,2-5H2,1H3,(H2,26,30)(H,28,31). The lowest BCUT2D eigenvalue weighted by Gasteiger charge is -2.15. The molecule has 0 radical (unpaired) electrons. The Labute approximate surface area is 211 Å². The fraction of sp³-hybridized carbons (Fsp3) is 0.250. The van der Waals surface area contributed by atoms with Gasteiger partial charge in [0.2, 0.25) is 5.91 Å². The molecule has 3 N–H and O–H groups in total. The first-order valence-electron chi connectivity index (χ1n) is 10.8. The Bertz CT molecular complexity index is 1490. The molecule has 1 aliphatic carbocycles. The van der Waals surface area contributed by atoms with E-state index in [4.69, 9.17) is 5.73 Å². The van der Waals surface area contributed by atoms with Crippen molar-refractivity contribution in [2.24, 2.45) is 5.73 Å². The van der Waals surface area contributed by atoms with E-state index >= 15 is 0 Å². The summed E-state index contributed by atoms with van der Waals surface area (Å²) in [5, 5.41) is 5.71. The maximum absolute atomic E-state index is 13.5. The van der Waals surface area contributed by atoms with Gasteiger partial charge < -0.3 is 11.1 Å². The number of halogens is 1. The second kappa shape index (κ2) is 9.09. The van der Waals surface area contributed by atoms with Crippen LogP contribution in [0.4, 0.5) is 5.00 Å². The summed E-state index contributed by atoms with van der Waals surface area (Å²) < 4.78 is 2.28. The number of primary amides is 1. The fourth-order valence-electron chi connectivity index (χ4n) is 4.32. The SMILES string of the molecule is CC(C(=O)Nc1sc2c(c1C(N)=O)CCCC2)n1cnc2scc(-c3ccc(Br)cc3)c2c1=O. The Balaban J connectivity index is 1.49. The molecule has 1 atom stereocenters. The fourth-order valence-corrected chi connectivity index (χ4v) is 6.79. The normalized spacial score (nSPS) is 14.1. The van der Waals surface area contributed by atoms with E-state index in [1.165, 1.54) is 33.6 Å². The van der Waals surface area contributed by atoms with Gasteiger partial charge in [-0.2, -0.15) is 0 Å². The van der Waals surface area contributed by atoms with Crippen LogP contribution in [0.25, 0.3) is 21.3 Å². The average molecular weight is 557 g/mol. The van der Waals surface area contributed by atoms with E-state index in [1.807, 2.05) is 29.6 Å². The van der Waals surface area contributed by atoms with E-state index in [-0.39, 0.29) is 5.56 Å². The number of rotatable bonds is 5. The van der Waals surface area contributed by atoms with Crippen LogP contribution in [0.2, 0.25) is 0 Å². The number of aryl methyl sites for hydroxylation is 1. The zero-order valence-corrected chi connectivity index (χ0v) is 21.5. The molecule has 4 aromatic rings. The van der Waals surface area contributed by atoms with Gasteiger partial charge in [0.25, 0.3) is 11.5 Å². The number of amides is 2. The van der Waals surface area contributed by atoms with Crippen LogP contribution in [0.5, 0.6) is 0 Å². The maximum Gasteiger partial charge on any atom is 0.263 e. The largest absolute Gasteiger partial charge is 0.365 e. The predicted octanol–water partition coefficient (Wildman–Crippen LogP) is 5.13. The summed E-state index contributed by atoms with van der Waals surface area (Å²) in [5.41, 5.74) is 8.40. The summed E-state index contributed by atoms with van der Waals surface area (Å²) in [7, 11) is 0. The summed E-state index contributed by atoms with van der Waals surface area (Å²) in [6, 6.07) is 6.87. The van der Waals surface area contributed by atoms with E-state index in [0.29, 0.717) is 20.8 Å². The summed E-state index contributed by atoms with van der Waals surface area (Å²) in [4.78, 5) is 44.9. The van der Waals surface area contributed by atoms with Gasteiger partial charge in [0.15, 0.2) is 0 Å². The first-order chi connectivity index (χ1) is 16.3. The van der Waals surface area contributed by atoms with Crippen LogP contribution in [0.3, 0.4) is 0 Å². The molecule has 0 spiro atoms. The smallest absolute Gasteiger partial charge is 0.263 e. The Morgan fingerprint density at radius 2 is 1.94 bits per heavy atom. The van der Waals surface area contributed by atoms with Crippen LogP contribution < -0.4 is 16.6 Å². The van der Waals surface area contributed by atoms with E-state index in [1.54, 1.807) is 6.92 Å². The number of hydrogen-bond acceptors (Lipinski definition) is 6. The third-order valence-corrected chi connectivity index (χ3v) is 8.75. The molecule has 0 saturated carbocycles. The van der Waals surface area contributed by atoms with Crippen molar-refractivity contribution < 1.29 is 9.59 Å². The molecule has 10 heteroatoms. The first kappa shape index (κ1) is 22.9. The van der Waals surface area contributed by atoms with Crippen molar-refractivity contribution in [2.75, 3.05) is 5.32 Å². The van der Waals surface area contributed by atoms with E-state index in [9.17, 15) is 14.4 Å². The Kier molecular flexibility index (Phi) is 6.13. The predicted molar refractivity (Wildman–Crippen MR) is 140 cm³/mol. The third kappa shape index (κ3) is 3.99. The average Bonchev–Trinajstić information content (AvgIpc) is 3.41. The van der Waals surface area contributed by atoms with Gasteiger partial charge in [-0.25, -0.2) is 4.98 Å². The summed E-state index contributed by atoms with van der Waals surface area (Å²) >= 11 is 6.23. The molecule has 0 saturated heterocycles. The highest BCUT2D eigenvalue weighted by Crippen LogP contribution is 2.38. The molecular weight excluding hydrogens is 536 g/mol. The molecule has 174 valence electrons. The Hall–Kier alpha value is -2.82. The number of carbonyl (C=O) groups excluding carboxylic acids is 2. The summed E-state index contributed by atoms with van der Waals surface area (Å²) in [5.74, 6) is -0.940. The molecular formula is C24H21BrN4O3S2. The number of aromatic nitrogens is 2. The van der Waals surface area contributed by atoms with Crippen LogP contribution in [0.1, 0.15) is 46.6 Å². The highest BCUT2D eigenvalue weighted by molar-refractivity contribution is 9.10. The molecule has 3 heterocycles. The molecule has 1 unspecified atom stereocenters. The van der Waals surface area contributed by atoms with Crippen molar-refractivity contribution in [2.45, 2.75) is 38.6 Å². The highest BCUT2D eigenvalue weighted by Gasteiger charge is 2.27. The number of carbonyl (C=O) groups is 2. The van der Waals surface area contributed by atoms with Crippen molar-refractivity contribution >= 4 is 65.6 Å². The highest BCUT2D eigenvalue weighted by atomic mass is 79.9. The minimum Gasteiger partial charge on any atom is -0.365 e. The van der Waals surface area contributed by atoms with Crippen molar-refractivity contribution in [1.29, 1.82) is 0 Å². The van der Waals surface area contributed by atoms with Gasteiger partial charge in [0.05, 0.1) is 17.3 Å². The van der Waals surface area contributed by atoms with Gasteiger partial charge in [0, 0.05) is 20.3 Å². The molecule has 3 aromatic heterocycles. The second-order valence-electron chi connectivity index (χ2n) is 8.24. The molecule has 7 nitrogen and oxygen atoms in total. The van der Waals surface area contributed by atoms with E-state index in [2.05, 4.69) is 26.2 Å². The van der Waals surface area contributed by atoms with Gasteiger partial charge in [-0.3, -0.25) is 19.0 Å². The molecule has 0 aliphatic heterocycles. The lowest BCUT2D eigenvalue weighted by molar-refractivity contribution is -0.118. The number of benzene rings is 1. The quantitative estimate of drug-likeness (QED) is 0.355. The number of hydrogen-bond donors (Lipinski definition) is 2. The van der Waals surface area contributed by atoms with Gasteiger partial charge in [0.1, 0.15) is 15.9 Å². The van der Waals surface area contributed by atoms with E-state index in [0.717, 1.165) is 51.7 Å². The number of nitrogens with zero attached hydrogens (tertiary/aromatic N) is 2. The zero-order chi connectivity index (χ0) is 24.0. The Morgan fingerprint density at radius 3 is 2.68 bits per heavy atom. The number of nitrogens with two attached hydrogens (primary N) is 1. The van der Waals surface area contributed by atoms with Gasteiger partial charge in [-0.05, 0) is 55.9 Å². The van der Waals surface area contributed by atoms with Crippen molar-refractivity contribution in [1.82, 2.24) is 9.55 Å². The van der Waals surface area contributed by atoms with Crippen LogP contribution in [-0.2, 0) is 17.6 Å². The number of thiophene rings is 2. The van der Waals surface area contributed by atoms with Crippen LogP contribution in [0, 0.1) is 0 Å². The maximum atomic E-state index is 13.5. The zero-order valence-electron chi connectivity index (χ0n) is 18.3. The summed E-state index contributed by atoms with van der Waals surface area (Å²) in [6.45, 7) is 1.65. The number of anilines is 1. The number of fused-ring (bicyclic) bond motifs is 2. The number of nitrogens with one attached hydrogen (secondary N) is 1. The van der Waals surface area contributed by atoms with Crippen LogP contribution in [-0.4, -0.2) is 21.4 Å². The summed E-state index contributed by atoms with van der Waals surface area (Å²) in [6.07, 6.45) is 5.12. The lowest BCUT2D eigenvalue weighted by atomic mass is 9.95. The second-order valence-corrected chi connectivity index (χ2v) is 11.1. The van der Waals surface area contributed by atoms with Gasteiger partial charge in [-0.1, -0.05) is 28.1 Å². The first-order valence-corrected chi connectivity index (χ1v) is 13.3. The molecule has 1 aromatic carbocycles. The topological polar surface area (TPSA) is 107 Å². The van der Waals surface area contributed by atoms with Crippen molar-refractivity contribution in [3.05, 3.63) is 66.8 Å². The van der Waals surface area contributed by atoms with E-state index < -0.39 is 17.9 Å². The van der Waals surface area contributed by atoms with Crippen molar-refractivity contribution in [3.8, 4) is 11.1 Å². The molecule has 0 bridgehead atoms. The molecule has 2 amide bonds. The van der Waals surface area contributed by atoms with Crippen molar-refractivity contribution in [3.63, 3.8) is 0 Å².